The lowest BCUT2D eigenvalue weighted by Crippen LogP contribution is -2.31. The van der Waals surface area contributed by atoms with Gasteiger partial charge in [-0.1, -0.05) is 74.7 Å². The average Bonchev–Trinajstić information content (AvgIpc) is 3.55. The normalized spacial score (nSPS) is 14.2. The van der Waals surface area contributed by atoms with E-state index < -0.39 is 0 Å². The van der Waals surface area contributed by atoms with Crippen LogP contribution in [-0.4, -0.2) is 40.9 Å². The highest BCUT2D eigenvalue weighted by Crippen LogP contribution is 2.30. The fourth-order valence-corrected chi connectivity index (χ4v) is 5.08. The molecule has 0 unspecified atom stereocenters. The van der Waals surface area contributed by atoms with Gasteiger partial charge in [0.2, 0.25) is 0 Å². The molecule has 1 N–H and O–H groups in total. The molecule has 1 aliphatic rings. The van der Waals surface area contributed by atoms with E-state index in [0.29, 0.717) is 37.0 Å². The molecule has 2 aromatic carbocycles. The Morgan fingerprint density at radius 2 is 1.78 bits per heavy atom. The molecule has 0 atom stereocenters. The molecule has 36 heavy (non-hydrogen) atoms. The second kappa shape index (κ2) is 10.8. The summed E-state index contributed by atoms with van der Waals surface area (Å²) in [5.74, 6) is 1.44. The highest BCUT2D eigenvalue weighted by atomic mass is 16.2. The molecule has 0 amide bonds. The van der Waals surface area contributed by atoms with Gasteiger partial charge in [-0.25, -0.2) is 9.89 Å². The number of tetrazole rings is 1. The molecule has 4 aromatic rings. The fraction of sp³-hybridized carbons (Fsp3) is 0.407. The molecule has 1 saturated carbocycles. The first-order valence-corrected chi connectivity index (χ1v) is 12.8. The zero-order chi connectivity index (χ0) is 24.9. The Balaban J connectivity index is 1.38. The van der Waals surface area contributed by atoms with Crippen molar-refractivity contribution < 1.29 is 4.79 Å². The van der Waals surface area contributed by atoms with E-state index >= 15 is 0 Å². The molecule has 0 spiro atoms. The maximum atomic E-state index is 13.2. The molecule has 0 saturated heterocycles. The summed E-state index contributed by atoms with van der Waals surface area (Å²) >= 11 is 0. The molecule has 9 heteroatoms. The van der Waals surface area contributed by atoms with Crippen molar-refractivity contribution in [2.24, 2.45) is 5.92 Å². The number of benzene rings is 2. The molecule has 0 aliphatic heterocycles. The monoisotopic (exact) mass is 485 g/mol. The quantitative estimate of drug-likeness (QED) is 0.393. The first kappa shape index (κ1) is 23.8. The number of nitrogens with zero attached hydrogens (tertiary/aromatic N) is 6. The van der Waals surface area contributed by atoms with E-state index in [9.17, 15) is 9.59 Å². The summed E-state index contributed by atoms with van der Waals surface area (Å²) in [5.41, 5.74) is 3.56. The van der Waals surface area contributed by atoms with Gasteiger partial charge in [-0.15, -0.1) is 14.9 Å². The van der Waals surface area contributed by atoms with Gasteiger partial charge in [0.05, 0.1) is 6.54 Å². The number of H-pyrrole nitrogens is 1. The number of aromatic nitrogens is 7. The average molecular weight is 486 g/mol. The van der Waals surface area contributed by atoms with Crippen LogP contribution in [0.5, 0.6) is 0 Å². The fourth-order valence-electron chi connectivity index (χ4n) is 5.08. The second-order valence-corrected chi connectivity index (χ2v) is 9.54. The largest absolute Gasteiger partial charge is 0.353 e. The Kier molecular flexibility index (Phi) is 7.16. The maximum absolute atomic E-state index is 13.2. The molecular formula is C27H31N7O2. The van der Waals surface area contributed by atoms with E-state index in [4.69, 9.17) is 0 Å². The predicted molar refractivity (Wildman–Crippen MR) is 136 cm³/mol. The van der Waals surface area contributed by atoms with Crippen LogP contribution in [0.15, 0.2) is 53.3 Å². The molecule has 1 fully saturated rings. The van der Waals surface area contributed by atoms with Crippen LogP contribution in [0.2, 0.25) is 0 Å². The zero-order valence-corrected chi connectivity index (χ0v) is 20.6. The summed E-state index contributed by atoms with van der Waals surface area (Å²) in [4.78, 5) is 26.2. The molecule has 0 radical (unpaired) electrons. The van der Waals surface area contributed by atoms with Crippen LogP contribution in [-0.2, 0) is 13.0 Å². The van der Waals surface area contributed by atoms with Gasteiger partial charge >= 0.3 is 5.69 Å². The highest BCUT2D eigenvalue weighted by molar-refractivity contribution is 5.80. The smallest absolute Gasteiger partial charge is 0.274 e. The van der Waals surface area contributed by atoms with Gasteiger partial charge in [0.15, 0.2) is 5.82 Å². The van der Waals surface area contributed by atoms with E-state index in [1.165, 1.54) is 6.42 Å². The van der Waals surface area contributed by atoms with E-state index in [1.54, 1.807) is 4.57 Å². The second-order valence-electron chi connectivity index (χ2n) is 9.54. The third-order valence-electron chi connectivity index (χ3n) is 6.97. The van der Waals surface area contributed by atoms with Gasteiger partial charge in [-0.2, -0.15) is 0 Å². The Labute approximate surface area is 209 Å². The minimum Gasteiger partial charge on any atom is -0.274 e. The lowest BCUT2D eigenvalue weighted by molar-refractivity contribution is 0.0846. The van der Waals surface area contributed by atoms with Crippen molar-refractivity contribution >= 4 is 5.91 Å². The third kappa shape index (κ3) is 5.05. The first-order chi connectivity index (χ1) is 17.6. The van der Waals surface area contributed by atoms with Crippen LogP contribution in [0.25, 0.3) is 22.5 Å². The van der Waals surface area contributed by atoms with Crippen LogP contribution in [0.1, 0.15) is 68.1 Å². The summed E-state index contributed by atoms with van der Waals surface area (Å²) < 4.78 is 2.75. The summed E-state index contributed by atoms with van der Waals surface area (Å²) in [5, 5.41) is 18.7. The number of carbonyl (C=O) groups excluding carboxylic acids is 1. The van der Waals surface area contributed by atoms with E-state index in [0.717, 1.165) is 59.0 Å². The molecular weight excluding hydrogens is 454 g/mol. The van der Waals surface area contributed by atoms with Crippen LogP contribution in [0.4, 0.5) is 0 Å². The van der Waals surface area contributed by atoms with Crippen LogP contribution in [0.3, 0.4) is 0 Å². The van der Waals surface area contributed by atoms with Gasteiger partial charge in [0, 0.05) is 18.4 Å². The Bertz CT molecular complexity index is 1360. The number of aromatic amines is 1. The molecule has 2 aromatic heterocycles. The molecule has 2 heterocycles. The highest BCUT2D eigenvalue weighted by Gasteiger charge is 2.23. The molecule has 186 valence electrons. The third-order valence-corrected chi connectivity index (χ3v) is 6.97. The Hall–Kier alpha value is -3.88. The van der Waals surface area contributed by atoms with Gasteiger partial charge < -0.3 is 0 Å². The van der Waals surface area contributed by atoms with Crippen molar-refractivity contribution in [1.29, 1.82) is 0 Å². The number of hydrogen-bond acceptors (Lipinski definition) is 6. The van der Waals surface area contributed by atoms with Gasteiger partial charge in [0.25, 0.3) is 5.91 Å². The number of aryl methyl sites for hydroxylation is 1. The van der Waals surface area contributed by atoms with Crippen molar-refractivity contribution in [2.75, 3.05) is 0 Å². The SMILES string of the molecule is CCCc1nn(C(=O)CC2CCCCC2)c(=O)n1Cc1ccc(-c2ccccc2-c2nnn[nH]2)cc1. The van der Waals surface area contributed by atoms with Crippen LogP contribution >= 0.6 is 0 Å². The maximum Gasteiger partial charge on any atom is 0.353 e. The minimum atomic E-state index is -0.341. The van der Waals surface area contributed by atoms with Crippen molar-refractivity contribution in [2.45, 2.75) is 64.8 Å². The molecule has 0 bridgehead atoms. The van der Waals surface area contributed by atoms with E-state index in [2.05, 4.69) is 25.7 Å². The first-order valence-electron chi connectivity index (χ1n) is 12.8. The van der Waals surface area contributed by atoms with Crippen molar-refractivity contribution in [3.8, 4) is 22.5 Å². The van der Waals surface area contributed by atoms with Gasteiger partial charge in [-0.3, -0.25) is 9.36 Å². The van der Waals surface area contributed by atoms with Crippen molar-refractivity contribution in [3.05, 3.63) is 70.4 Å². The predicted octanol–water partition coefficient (Wildman–Crippen LogP) is 4.50. The Morgan fingerprint density at radius 1 is 1.03 bits per heavy atom. The standard InChI is InChI=1S/C27H31N7O2/c1-2-8-24-30-34(25(35)17-19-9-4-3-5-10-19)27(36)33(24)18-20-13-15-21(16-14-20)22-11-6-7-12-23(22)26-28-31-32-29-26/h6-7,11-16,19H,2-5,8-10,17-18H2,1H3,(H,28,29,31,32). The lowest BCUT2D eigenvalue weighted by Gasteiger charge is -2.20. The van der Waals surface area contributed by atoms with Crippen molar-refractivity contribution in [1.82, 2.24) is 35.0 Å². The van der Waals surface area contributed by atoms with E-state index in [1.807, 2.05) is 55.5 Å². The number of carbonyl (C=O) groups is 1. The summed E-state index contributed by atoms with van der Waals surface area (Å²) in [6.45, 7) is 2.42. The number of nitrogens with one attached hydrogen (secondary N) is 1. The minimum absolute atomic E-state index is 0.183. The number of rotatable bonds is 8. The number of hydrogen-bond donors (Lipinski definition) is 1. The summed E-state index contributed by atoms with van der Waals surface area (Å²) in [7, 11) is 0. The molecule has 9 nitrogen and oxygen atoms in total. The summed E-state index contributed by atoms with van der Waals surface area (Å²) in [6, 6.07) is 16.0. The van der Waals surface area contributed by atoms with E-state index in [-0.39, 0.29) is 11.6 Å². The molecule has 1 aliphatic carbocycles. The zero-order valence-electron chi connectivity index (χ0n) is 20.6. The van der Waals surface area contributed by atoms with Gasteiger partial charge in [-0.05, 0) is 52.3 Å². The van der Waals surface area contributed by atoms with Crippen LogP contribution in [0, 0.1) is 5.92 Å². The topological polar surface area (TPSA) is 111 Å². The van der Waals surface area contributed by atoms with Crippen molar-refractivity contribution in [3.63, 3.8) is 0 Å². The van der Waals surface area contributed by atoms with Gasteiger partial charge in [0.1, 0.15) is 5.82 Å². The summed E-state index contributed by atoms with van der Waals surface area (Å²) in [6.07, 6.45) is 7.58. The molecule has 5 rings (SSSR count). The lowest BCUT2D eigenvalue weighted by atomic mass is 9.87. The van der Waals surface area contributed by atoms with Crippen LogP contribution < -0.4 is 5.69 Å². The Morgan fingerprint density at radius 3 is 2.47 bits per heavy atom.